The molecule has 0 spiro atoms. The number of carbonyl (C=O) groups excluding carboxylic acids is 1. The lowest BCUT2D eigenvalue weighted by molar-refractivity contribution is 0.0579. The molecule has 158 valence electrons. The predicted octanol–water partition coefficient (Wildman–Crippen LogP) is 4.83. The number of rotatable bonds is 5. The fourth-order valence-corrected chi connectivity index (χ4v) is 4.85. The summed E-state index contributed by atoms with van der Waals surface area (Å²) in [5, 5.41) is 0.593. The van der Waals surface area contributed by atoms with Crippen molar-refractivity contribution in [2.24, 2.45) is 0 Å². The Morgan fingerprint density at radius 1 is 1.10 bits per heavy atom. The van der Waals surface area contributed by atoms with Gasteiger partial charge in [0.1, 0.15) is 5.76 Å². The molecule has 1 aliphatic heterocycles. The molecule has 30 heavy (non-hydrogen) atoms. The van der Waals surface area contributed by atoms with Gasteiger partial charge in [-0.15, -0.1) is 0 Å². The monoisotopic (exact) mass is 427 g/mol. The Balaban J connectivity index is 1.60. The summed E-state index contributed by atoms with van der Waals surface area (Å²) in [7, 11) is 5.44. The second kappa shape index (κ2) is 8.32. The van der Waals surface area contributed by atoms with Gasteiger partial charge in [0.25, 0.3) is 0 Å². The van der Waals surface area contributed by atoms with Gasteiger partial charge in [0.15, 0.2) is 11.5 Å². The van der Waals surface area contributed by atoms with Crippen LogP contribution in [0.5, 0.6) is 11.5 Å². The molecule has 1 aliphatic carbocycles. The smallest absolute Gasteiger partial charge is 0.343 e. The van der Waals surface area contributed by atoms with Crippen LogP contribution in [0, 0.1) is 0 Å². The number of hydrogen-bond donors (Lipinski definition) is 0. The van der Waals surface area contributed by atoms with E-state index in [2.05, 4.69) is 30.2 Å². The van der Waals surface area contributed by atoms with Crippen molar-refractivity contribution in [2.75, 3.05) is 27.8 Å². The number of nitrogens with zero attached hydrogens (tertiary/aromatic N) is 1. The number of fused-ring (bicyclic) bond motifs is 1. The highest BCUT2D eigenvalue weighted by Crippen LogP contribution is 2.49. The van der Waals surface area contributed by atoms with Gasteiger partial charge in [-0.1, -0.05) is 17.7 Å². The summed E-state index contributed by atoms with van der Waals surface area (Å²) in [4.78, 5) is 14.9. The van der Waals surface area contributed by atoms with E-state index in [9.17, 15) is 4.79 Å². The molecule has 0 amide bonds. The van der Waals surface area contributed by atoms with Gasteiger partial charge in [-0.2, -0.15) is 0 Å². The molecule has 2 unspecified atom stereocenters. The van der Waals surface area contributed by atoms with E-state index in [0.29, 0.717) is 17.0 Å². The number of allylic oxidation sites excluding steroid dienone is 1. The summed E-state index contributed by atoms with van der Waals surface area (Å²) in [6.07, 6.45) is 4.60. The van der Waals surface area contributed by atoms with Gasteiger partial charge in [0, 0.05) is 22.9 Å². The maximum absolute atomic E-state index is 12.6. The maximum Gasteiger partial charge on any atom is 0.343 e. The minimum atomic E-state index is -0.350. The van der Waals surface area contributed by atoms with E-state index in [-0.39, 0.29) is 17.4 Å². The summed E-state index contributed by atoms with van der Waals surface area (Å²) in [5.74, 6) is 1.84. The highest BCUT2D eigenvalue weighted by molar-refractivity contribution is 6.30. The van der Waals surface area contributed by atoms with Crippen molar-refractivity contribution in [3.8, 4) is 11.5 Å². The van der Waals surface area contributed by atoms with Crippen LogP contribution < -0.4 is 9.47 Å². The molecular formula is C24H26ClNO4. The zero-order valence-corrected chi connectivity index (χ0v) is 18.2. The molecule has 1 fully saturated rings. The third kappa shape index (κ3) is 3.68. The number of carbonyl (C=O) groups is 1. The van der Waals surface area contributed by atoms with Crippen LogP contribution >= 0.6 is 11.6 Å². The SMILES string of the molecule is COc1ccc(C23CC=C(OC(=O)c4ccc(Cl)cc4)CC2N(C)CC3)cc1OC. The van der Waals surface area contributed by atoms with E-state index in [1.807, 2.05) is 6.07 Å². The highest BCUT2D eigenvalue weighted by Gasteiger charge is 2.49. The minimum absolute atomic E-state index is 0.0372. The number of esters is 1. The second-order valence-corrected chi connectivity index (χ2v) is 8.38. The number of halogens is 1. The maximum atomic E-state index is 12.6. The van der Waals surface area contributed by atoms with Crippen LogP contribution in [-0.2, 0) is 10.2 Å². The average molecular weight is 428 g/mol. The van der Waals surface area contributed by atoms with Gasteiger partial charge in [0.2, 0.25) is 0 Å². The van der Waals surface area contributed by atoms with Crippen LogP contribution in [0.4, 0.5) is 0 Å². The zero-order chi connectivity index (χ0) is 21.3. The molecule has 2 aromatic carbocycles. The number of likely N-dealkylation sites (N-methyl/N-ethyl adjacent to an activating group) is 1. The molecule has 0 N–H and O–H groups in total. The number of benzene rings is 2. The first-order valence-corrected chi connectivity index (χ1v) is 10.4. The topological polar surface area (TPSA) is 48.0 Å². The summed E-state index contributed by atoms with van der Waals surface area (Å²) in [5.41, 5.74) is 1.69. The van der Waals surface area contributed by atoms with Crippen molar-refractivity contribution in [1.29, 1.82) is 0 Å². The van der Waals surface area contributed by atoms with Gasteiger partial charge in [-0.3, -0.25) is 0 Å². The number of methoxy groups -OCH3 is 2. The fourth-order valence-electron chi connectivity index (χ4n) is 4.73. The third-order valence-electron chi connectivity index (χ3n) is 6.43. The van der Waals surface area contributed by atoms with E-state index >= 15 is 0 Å². The molecule has 6 heteroatoms. The van der Waals surface area contributed by atoms with Crippen LogP contribution in [0.1, 0.15) is 35.2 Å². The van der Waals surface area contributed by atoms with Crippen LogP contribution in [0.3, 0.4) is 0 Å². The lowest BCUT2D eigenvalue weighted by Gasteiger charge is -2.40. The number of ether oxygens (including phenoxy) is 3. The second-order valence-electron chi connectivity index (χ2n) is 7.95. The number of hydrogen-bond acceptors (Lipinski definition) is 5. The Labute approximate surface area is 182 Å². The number of likely N-dealkylation sites (tertiary alicyclic amines) is 1. The Morgan fingerprint density at radius 3 is 2.53 bits per heavy atom. The van der Waals surface area contributed by atoms with Crippen LogP contribution in [0.25, 0.3) is 0 Å². The Hall–Kier alpha value is -2.50. The highest BCUT2D eigenvalue weighted by atomic mass is 35.5. The van der Waals surface area contributed by atoms with Gasteiger partial charge >= 0.3 is 5.97 Å². The first-order valence-electron chi connectivity index (χ1n) is 10.1. The van der Waals surface area contributed by atoms with Crippen molar-refractivity contribution in [3.63, 3.8) is 0 Å². The largest absolute Gasteiger partial charge is 0.493 e. The quantitative estimate of drug-likeness (QED) is 0.639. The molecule has 0 aromatic heterocycles. The normalized spacial score (nSPS) is 23.5. The van der Waals surface area contributed by atoms with Crippen molar-refractivity contribution >= 4 is 17.6 Å². The van der Waals surface area contributed by atoms with Crippen LogP contribution in [-0.4, -0.2) is 44.7 Å². The molecule has 0 bridgehead atoms. The fraction of sp³-hybridized carbons (Fsp3) is 0.375. The Kier molecular flexibility index (Phi) is 5.76. The van der Waals surface area contributed by atoms with Gasteiger partial charge in [0.05, 0.1) is 19.8 Å². The van der Waals surface area contributed by atoms with E-state index in [1.165, 1.54) is 5.56 Å². The molecule has 2 atom stereocenters. The predicted molar refractivity (Wildman–Crippen MR) is 116 cm³/mol. The van der Waals surface area contributed by atoms with Gasteiger partial charge in [-0.05, 0) is 74.5 Å². The van der Waals surface area contributed by atoms with Crippen molar-refractivity contribution in [1.82, 2.24) is 4.90 Å². The molecular weight excluding hydrogens is 402 g/mol. The van der Waals surface area contributed by atoms with Crippen LogP contribution in [0.2, 0.25) is 5.02 Å². The molecule has 1 saturated heterocycles. The molecule has 0 saturated carbocycles. The molecule has 2 aromatic rings. The van der Waals surface area contributed by atoms with E-state index in [1.54, 1.807) is 38.5 Å². The first kappa shape index (κ1) is 20.8. The van der Waals surface area contributed by atoms with Crippen molar-refractivity contribution in [2.45, 2.75) is 30.7 Å². The first-order chi connectivity index (χ1) is 14.5. The average Bonchev–Trinajstić information content (AvgIpc) is 3.11. The summed E-state index contributed by atoms with van der Waals surface area (Å²) >= 11 is 5.91. The lowest BCUT2D eigenvalue weighted by atomic mass is 9.68. The molecule has 5 nitrogen and oxygen atoms in total. The summed E-state index contributed by atoms with van der Waals surface area (Å²) in [6, 6.07) is 13.2. The van der Waals surface area contributed by atoms with Gasteiger partial charge in [-0.25, -0.2) is 4.79 Å². The standard InChI is InChI=1S/C24H26ClNO4/c1-26-13-12-24(17-6-9-20(28-2)21(14-17)29-3)11-10-19(15-22(24)26)30-23(27)16-4-7-18(25)8-5-16/h4-10,14,22H,11-13,15H2,1-3H3. The van der Waals surface area contributed by atoms with Crippen molar-refractivity contribution in [3.05, 3.63) is 70.4 Å². The molecule has 2 aliphatic rings. The Morgan fingerprint density at radius 2 is 1.83 bits per heavy atom. The van der Waals surface area contributed by atoms with E-state index in [4.69, 9.17) is 25.8 Å². The van der Waals surface area contributed by atoms with Crippen LogP contribution in [0.15, 0.2) is 54.3 Å². The van der Waals surface area contributed by atoms with Gasteiger partial charge < -0.3 is 19.1 Å². The lowest BCUT2D eigenvalue weighted by Crippen LogP contribution is -2.43. The molecule has 1 heterocycles. The molecule has 4 rings (SSSR count). The van der Waals surface area contributed by atoms with Crippen molar-refractivity contribution < 1.29 is 19.0 Å². The summed E-state index contributed by atoms with van der Waals surface area (Å²) in [6.45, 7) is 0.991. The Bertz CT molecular complexity index is 972. The summed E-state index contributed by atoms with van der Waals surface area (Å²) < 4.78 is 16.7. The molecule has 0 radical (unpaired) electrons. The van der Waals surface area contributed by atoms with E-state index < -0.39 is 0 Å². The van der Waals surface area contributed by atoms with E-state index in [0.717, 1.165) is 36.6 Å². The minimum Gasteiger partial charge on any atom is -0.493 e. The zero-order valence-electron chi connectivity index (χ0n) is 17.5. The third-order valence-corrected chi connectivity index (χ3v) is 6.68.